The number of benzene rings is 5. The van der Waals surface area contributed by atoms with Crippen LogP contribution < -0.4 is 18.5 Å². The summed E-state index contributed by atoms with van der Waals surface area (Å²) in [5, 5.41) is 11.2. The fraction of sp³-hybridized carbons (Fsp3) is 0.0909. The summed E-state index contributed by atoms with van der Waals surface area (Å²) in [6, 6.07) is 41.1. The summed E-state index contributed by atoms with van der Waals surface area (Å²) >= 11 is 0. The van der Waals surface area contributed by atoms with E-state index >= 15 is 0 Å². The van der Waals surface area contributed by atoms with E-state index in [4.69, 9.17) is 23.0 Å². The molecule has 0 atom stereocenters. The highest BCUT2D eigenvalue weighted by Gasteiger charge is 2.44. The molecule has 0 saturated carbocycles. The van der Waals surface area contributed by atoms with Crippen LogP contribution in [0.15, 0.2) is 133 Å². The summed E-state index contributed by atoms with van der Waals surface area (Å²) in [6.45, 7) is 0. The van der Waals surface area contributed by atoms with Gasteiger partial charge in [0.05, 0.1) is 14.2 Å². The van der Waals surface area contributed by atoms with E-state index in [1.165, 1.54) is 0 Å². The minimum absolute atomic E-state index is 0.0692. The summed E-state index contributed by atoms with van der Waals surface area (Å²) in [5.74, 6) is 2.00. The molecule has 6 nitrogen and oxygen atoms in total. The molecule has 202 valence electrons. The molecule has 5 aromatic carbocycles. The molecule has 0 heterocycles. The van der Waals surface area contributed by atoms with E-state index in [0.717, 1.165) is 11.1 Å². The summed E-state index contributed by atoms with van der Waals surface area (Å²) in [4.78, 5) is 0. The maximum atomic E-state index is 11.2. The van der Waals surface area contributed by atoms with Gasteiger partial charge in [0.2, 0.25) is 0 Å². The summed E-state index contributed by atoms with van der Waals surface area (Å²) in [6.07, 6.45) is 0. The Morgan fingerprint density at radius 3 is 1.35 bits per heavy atom. The number of para-hydroxylation sites is 5. The predicted molar refractivity (Wildman–Crippen MR) is 156 cm³/mol. The second-order valence-electron chi connectivity index (χ2n) is 8.73. The van der Waals surface area contributed by atoms with Crippen LogP contribution in [-0.2, 0) is 10.1 Å². The highest BCUT2D eigenvalue weighted by atomic mass is 31.2. The molecule has 1 N–H and O–H groups in total. The monoisotopic (exact) mass is 552 g/mol. The van der Waals surface area contributed by atoms with E-state index in [-0.39, 0.29) is 5.75 Å². The molecule has 5 aromatic rings. The second kappa shape index (κ2) is 12.6. The molecule has 40 heavy (non-hydrogen) atoms. The van der Waals surface area contributed by atoms with Crippen LogP contribution in [0.4, 0.5) is 0 Å². The first-order chi connectivity index (χ1) is 19.7. The number of hydrogen-bond donors (Lipinski definition) is 1. The normalized spacial score (nSPS) is 11.2. The maximum Gasteiger partial charge on any atom is 0.464 e. The van der Waals surface area contributed by atoms with Crippen LogP contribution in [-0.4, -0.2) is 19.3 Å². The third kappa shape index (κ3) is 5.59. The largest absolute Gasteiger partial charge is 0.508 e. The Morgan fingerprint density at radius 2 is 0.900 bits per heavy atom. The Morgan fingerprint density at radius 1 is 0.500 bits per heavy atom. The lowest BCUT2D eigenvalue weighted by Gasteiger charge is -2.37. The zero-order chi connectivity index (χ0) is 27.8. The van der Waals surface area contributed by atoms with Gasteiger partial charge in [0, 0.05) is 5.56 Å². The van der Waals surface area contributed by atoms with E-state index in [0.29, 0.717) is 28.6 Å². The van der Waals surface area contributed by atoms with Crippen molar-refractivity contribution in [2.45, 2.75) is 5.60 Å². The first kappa shape index (κ1) is 27.1. The van der Waals surface area contributed by atoms with E-state index in [9.17, 15) is 5.11 Å². The Balaban J connectivity index is 1.72. The Bertz CT molecular complexity index is 1440. The molecule has 0 saturated heterocycles. The predicted octanol–water partition coefficient (Wildman–Crippen LogP) is 8.10. The molecule has 0 unspecified atom stereocenters. The van der Waals surface area contributed by atoms with Crippen molar-refractivity contribution in [1.29, 1.82) is 0 Å². The second-order valence-corrected chi connectivity index (χ2v) is 9.72. The van der Waals surface area contributed by atoms with Crippen molar-refractivity contribution in [3.05, 3.63) is 150 Å². The Kier molecular flexibility index (Phi) is 8.50. The molecule has 0 aliphatic carbocycles. The number of phenolic OH excluding ortho intramolecular Hbond substituents is 1. The lowest BCUT2D eigenvalue weighted by Crippen LogP contribution is -2.32. The number of hydrogen-bond acceptors (Lipinski definition) is 6. The summed E-state index contributed by atoms with van der Waals surface area (Å²) < 4.78 is 31.1. The van der Waals surface area contributed by atoms with E-state index < -0.39 is 14.2 Å². The van der Waals surface area contributed by atoms with Gasteiger partial charge in [-0.3, -0.25) is 4.52 Å². The quantitative estimate of drug-likeness (QED) is 0.132. The fourth-order valence-electron chi connectivity index (χ4n) is 4.47. The minimum Gasteiger partial charge on any atom is -0.508 e. The topological polar surface area (TPSA) is 66.4 Å². The molecule has 0 aliphatic heterocycles. The van der Waals surface area contributed by atoms with Gasteiger partial charge in [-0.15, -0.1) is 0 Å². The SMILES string of the molecule is COc1ccccc1OP(Oc1ccccc1OC)OC(c1ccccc1)(c1ccccc1)c1ccccc1O. The van der Waals surface area contributed by atoms with Crippen LogP contribution >= 0.6 is 8.60 Å². The molecular formula is C33H29O6P. The third-order valence-corrected chi connectivity index (χ3v) is 7.45. The molecule has 0 bridgehead atoms. The molecule has 0 radical (unpaired) electrons. The lowest BCUT2D eigenvalue weighted by atomic mass is 9.80. The van der Waals surface area contributed by atoms with Gasteiger partial charge in [-0.25, -0.2) is 0 Å². The lowest BCUT2D eigenvalue weighted by molar-refractivity contribution is 0.132. The van der Waals surface area contributed by atoms with Crippen LogP contribution in [0.2, 0.25) is 0 Å². The highest BCUT2D eigenvalue weighted by molar-refractivity contribution is 7.42. The van der Waals surface area contributed by atoms with Crippen LogP contribution in [0.5, 0.6) is 28.7 Å². The van der Waals surface area contributed by atoms with Crippen molar-refractivity contribution >= 4 is 8.60 Å². The summed E-state index contributed by atoms with van der Waals surface area (Å²) in [5.41, 5.74) is 0.779. The third-order valence-electron chi connectivity index (χ3n) is 6.34. The first-order valence-corrected chi connectivity index (χ1v) is 13.8. The molecule has 0 amide bonds. The molecule has 0 fully saturated rings. The zero-order valence-electron chi connectivity index (χ0n) is 22.1. The number of aromatic hydroxyl groups is 1. The van der Waals surface area contributed by atoms with Gasteiger partial charge in [-0.2, -0.15) is 0 Å². The van der Waals surface area contributed by atoms with Gasteiger partial charge >= 0.3 is 8.60 Å². The molecule has 5 rings (SSSR count). The van der Waals surface area contributed by atoms with Crippen LogP contribution in [0, 0.1) is 0 Å². The number of rotatable bonds is 11. The molecule has 7 heteroatoms. The van der Waals surface area contributed by atoms with Crippen molar-refractivity contribution < 1.29 is 28.2 Å². The van der Waals surface area contributed by atoms with E-state index in [2.05, 4.69) is 0 Å². The standard InChI is InChI=1S/C33H29O6P/c1-35-29-21-11-13-23-31(29)37-40(38-32-24-14-12-22-30(32)36-2)39-33(25-15-5-3-6-16-25,26-17-7-4-8-18-26)27-19-9-10-20-28(27)34/h3-24,34H,1-2H3. The highest BCUT2D eigenvalue weighted by Crippen LogP contribution is 2.56. The molecule has 0 spiro atoms. The average Bonchev–Trinajstić information content (AvgIpc) is 3.01. The molecule has 0 aromatic heterocycles. The van der Waals surface area contributed by atoms with Gasteiger partial charge in [0.1, 0.15) is 5.75 Å². The van der Waals surface area contributed by atoms with E-state index in [1.807, 2.05) is 97.1 Å². The van der Waals surface area contributed by atoms with Crippen LogP contribution in [0.25, 0.3) is 0 Å². The number of phenols is 1. The van der Waals surface area contributed by atoms with Gasteiger partial charge in [-0.05, 0) is 41.5 Å². The van der Waals surface area contributed by atoms with Crippen LogP contribution in [0.3, 0.4) is 0 Å². The average molecular weight is 553 g/mol. The molecule has 0 aliphatic rings. The van der Waals surface area contributed by atoms with Gasteiger partial charge in [0.25, 0.3) is 0 Å². The van der Waals surface area contributed by atoms with Gasteiger partial charge < -0.3 is 23.6 Å². The van der Waals surface area contributed by atoms with E-state index in [1.54, 1.807) is 50.6 Å². The van der Waals surface area contributed by atoms with Crippen molar-refractivity contribution in [3.63, 3.8) is 0 Å². The Labute approximate surface area is 235 Å². The smallest absolute Gasteiger partial charge is 0.464 e. The minimum atomic E-state index is -2.20. The Hall–Kier alpha value is -4.51. The van der Waals surface area contributed by atoms with Crippen molar-refractivity contribution in [2.24, 2.45) is 0 Å². The van der Waals surface area contributed by atoms with Crippen molar-refractivity contribution in [3.8, 4) is 28.7 Å². The zero-order valence-corrected chi connectivity index (χ0v) is 23.0. The van der Waals surface area contributed by atoms with Crippen molar-refractivity contribution in [1.82, 2.24) is 0 Å². The summed E-state index contributed by atoms with van der Waals surface area (Å²) in [7, 11) is 0.953. The molecular weight excluding hydrogens is 523 g/mol. The number of methoxy groups -OCH3 is 2. The fourth-order valence-corrected chi connectivity index (χ4v) is 5.73. The number of ether oxygens (including phenoxy) is 2. The van der Waals surface area contributed by atoms with Crippen molar-refractivity contribution in [2.75, 3.05) is 14.2 Å². The van der Waals surface area contributed by atoms with Gasteiger partial charge in [-0.1, -0.05) is 103 Å². The first-order valence-electron chi connectivity index (χ1n) is 12.7. The maximum absolute atomic E-state index is 11.2. The van der Waals surface area contributed by atoms with Gasteiger partial charge in [0.15, 0.2) is 28.6 Å². The van der Waals surface area contributed by atoms with Crippen LogP contribution in [0.1, 0.15) is 16.7 Å².